The number of carbonyl (C=O) groups excluding carboxylic acids is 2. The second kappa shape index (κ2) is 13.0. The summed E-state index contributed by atoms with van der Waals surface area (Å²) in [5.41, 5.74) is 3.51. The van der Waals surface area contributed by atoms with Crippen LogP contribution in [0.1, 0.15) is 62.9 Å². The highest BCUT2D eigenvalue weighted by Gasteiger charge is 2.57. The monoisotopic (exact) mass is 593 g/mol. The molecule has 2 bridgehead atoms. The van der Waals surface area contributed by atoms with E-state index in [4.69, 9.17) is 9.94 Å². The lowest BCUT2D eigenvalue weighted by atomic mass is 9.45. The first-order valence-corrected chi connectivity index (χ1v) is 15.7. The summed E-state index contributed by atoms with van der Waals surface area (Å²) in [5.74, 6) is 0.590. The number of amides is 2. The van der Waals surface area contributed by atoms with Gasteiger partial charge in [0.25, 0.3) is 5.91 Å². The maximum Gasteiger partial charge on any atom is 0.251 e. The van der Waals surface area contributed by atoms with E-state index in [1.807, 2.05) is 42.5 Å². The molecule has 0 spiro atoms. The van der Waals surface area contributed by atoms with Gasteiger partial charge in [-0.15, -0.1) is 0 Å². The van der Waals surface area contributed by atoms with Gasteiger partial charge in [-0.05, 0) is 84.2 Å². The van der Waals surface area contributed by atoms with E-state index >= 15 is 0 Å². The van der Waals surface area contributed by atoms with E-state index in [1.165, 1.54) is 6.42 Å². The Balaban J connectivity index is 1.33. The van der Waals surface area contributed by atoms with Crippen molar-refractivity contribution in [3.8, 4) is 11.1 Å². The van der Waals surface area contributed by atoms with Crippen molar-refractivity contribution in [1.82, 2.24) is 15.7 Å². The summed E-state index contributed by atoms with van der Waals surface area (Å²) in [7, 11) is 0. The fourth-order valence-electron chi connectivity index (χ4n) is 7.74. The van der Waals surface area contributed by atoms with Gasteiger partial charge >= 0.3 is 0 Å². The Hall–Kier alpha value is -2.82. The van der Waals surface area contributed by atoms with Crippen LogP contribution in [-0.2, 0) is 16.2 Å². The van der Waals surface area contributed by atoms with Crippen molar-refractivity contribution >= 4 is 11.8 Å². The predicted molar refractivity (Wildman–Crippen MR) is 163 cm³/mol. The number of carbonyl (C=O) groups is 2. The Labute approximate surface area is 254 Å². The number of aliphatic hydroxyl groups is 3. The Morgan fingerprint density at radius 2 is 1.81 bits per heavy atom. The van der Waals surface area contributed by atoms with Gasteiger partial charge in [0.1, 0.15) is 12.1 Å². The Bertz CT molecular complexity index is 1300. The van der Waals surface area contributed by atoms with Crippen LogP contribution < -0.4 is 10.6 Å². The third-order valence-electron chi connectivity index (χ3n) is 10.4. The zero-order valence-corrected chi connectivity index (χ0v) is 25.7. The summed E-state index contributed by atoms with van der Waals surface area (Å²) in [6, 6.07) is 14.5. The van der Waals surface area contributed by atoms with E-state index in [9.17, 15) is 19.8 Å². The Morgan fingerprint density at radius 1 is 1.09 bits per heavy atom. The molecular formula is C34H47N3O6. The fourth-order valence-corrected chi connectivity index (χ4v) is 7.74. The summed E-state index contributed by atoms with van der Waals surface area (Å²) in [6.07, 6.45) is 1.11. The maximum atomic E-state index is 13.9. The van der Waals surface area contributed by atoms with Crippen LogP contribution in [0.5, 0.6) is 0 Å². The lowest BCUT2D eigenvalue weighted by Crippen LogP contribution is -2.62. The molecule has 1 saturated heterocycles. The van der Waals surface area contributed by atoms with Crippen LogP contribution in [0.4, 0.5) is 0 Å². The number of hydrogen-bond acceptors (Lipinski definition) is 7. The number of rotatable bonds is 11. The van der Waals surface area contributed by atoms with E-state index in [0.29, 0.717) is 41.7 Å². The fraction of sp³-hybridized carbons (Fsp3) is 0.588. The third kappa shape index (κ3) is 6.37. The first-order valence-electron chi connectivity index (χ1n) is 15.7. The second-order valence-electron chi connectivity index (χ2n) is 13.3. The highest BCUT2D eigenvalue weighted by atomic mass is 16.7. The highest BCUT2D eigenvalue weighted by Crippen LogP contribution is 2.61. The molecule has 3 aliphatic carbocycles. The van der Waals surface area contributed by atoms with Gasteiger partial charge in [0, 0.05) is 30.7 Å². The first-order chi connectivity index (χ1) is 20.5. The predicted octanol–water partition coefficient (Wildman–Crippen LogP) is 3.13. The molecule has 2 amide bonds. The van der Waals surface area contributed by atoms with Gasteiger partial charge in [-0.3, -0.25) is 14.4 Å². The normalized spacial score (nSPS) is 30.3. The van der Waals surface area contributed by atoms with Crippen molar-refractivity contribution in [2.45, 2.75) is 77.8 Å². The minimum atomic E-state index is -0.855. The molecule has 6 rings (SSSR count). The van der Waals surface area contributed by atoms with Crippen molar-refractivity contribution in [3.63, 3.8) is 0 Å². The molecule has 1 aliphatic heterocycles. The van der Waals surface area contributed by atoms with E-state index in [0.717, 1.165) is 23.1 Å². The summed E-state index contributed by atoms with van der Waals surface area (Å²) < 4.78 is 0. The van der Waals surface area contributed by atoms with Gasteiger partial charge in [0.2, 0.25) is 5.91 Å². The Morgan fingerprint density at radius 3 is 2.47 bits per heavy atom. The molecule has 9 heteroatoms. The van der Waals surface area contributed by atoms with Crippen LogP contribution in [0, 0.1) is 29.1 Å². The van der Waals surface area contributed by atoms with E-state index in [2.05, 4.69) is 31.4 Å². The van der Waals surface area contributed by atoms with Crippen molar-refractivity contribution in [2.75, 3.05) is 19.8 Å². The smallest absolute Gasteiger partial charge is 0.251 e. The number of nitrogens with zero attached hydrogens (tertiary/aromatic N) is 1. The second-order valence-corrected chi connectivity index (χ2v) is 13.3. The van der Waals surface area contributed by atoms with Gasteiger partial charge < -0.3 is 26.0 Å². The third-order valence-corrected chi connectivity index (χ3v) is 10.4. The lowest BCUT2D eigenvalue weighted by Gasteiger charge is -2.62. The molecule has 43 heavy (non-hydrogen) atoms. The standard InChI is InChI=1S/C34H47N3O6/c1-20-27-16-26(34(27,3)4)17-28(20)36-33(42)31-30(21(2)40)29(19-39)43-37(31)18-22-8-5-9-23(14-22)24-10-6-11-25(15-24)32(41)35-12-7-13-38/h5-6,8-11,14-15,20-21,26-31,38-40H,7,12-13,16-19H2,1-4H3,(H,35,41)(H,36,42)/t20-,21-,26+,27-,28-,29-,30+,31-/m0/s1. The molecule has 9 nitrogen and oxygen atoms in total. The van der Waals surface area contributed by atoms with E-state index < -0.39 is 24.2 Å². The van der Waals surface area contributed by atoms with Crippen molar-refractivity contribution in [3.05, 3.63) is 59.7 Å². The summed E-state index contributed by atoms with van der Waals surface area (Å²) >= 11 is 0. The molecule has 0 unspecified atom stereocenters. The molecule has 234 valence electrons. The number of hydroxylamine groups is 2. The van der Waals surface area contributed by atoms with Crippen molar-refractivity contribution in [1.29, 1.82) is 0 Å². The highest BCUT2D eigenvalue weighted by molar-refractivity contribution is 5.95. The van der Waals surface area contributed by atoms with Gasteiger partial charge in [-0.1, -0.05) is 51.1 Å². The molecule has 1 heterocycles. The average Bonchev–Trinajstić information content (AvgIpc) is 3.36. The molecule has 0 radical (unpaired) electrons. The zero-order chi connectivity index (χ0) is 30.9. The molecule has 0 aromatic heterocycles. The van der Waals surface area contributed by atoms with Crippen LogP contribution in [0.25, 0.3) is 11.1 Å². The largest absolute Gasteiger partial charge is 0.396 e. The van der Waals surface area contributed by atoms with Crippen LogP contribution in [-0.4, -0.2) is 76.2 Å². The molecule has 4 aliphatic rings. The molecule has 2 aromatic rings. The van der Waals surface area contributed by atoms with Crippen LogP contribution in [0.15, 0.2) is 48.5 Å². The summed E-state index contributed by atoms with van der Waals surface area (Å²) in [6.45, 7) is 8.95. The van der Waals surface area contributed by atoms with Crippen LogP contribution >= 0.6 is 0 Å². The van der Waals surface area contributed by atoms with Gasteiger partial charge in [0.15, 0.2) is 0 Å². The van der Waals surface area contributed by atoms with Crippen molar-refractivity contribution < 1.29 is 29.7 Å². The summed E-state index contributed by atoms with van der Waals surface area (Å²) in [5, 5.41) is 37.6. The SMILES string of the molecule is C[C@@H]1[C@@H](NC(=O)[C@@H]2[C@H]([C@H](C)O)[C@H](CO)ON2Cc2cccc(-c3cccc(C(=O)NCCCO)c3)c2)C[C@H]2C[C@@H]1C2(C)C. The number of benzene rings is 2. The molecule has 8 atom stereocenters. The number of nitrogens with one attached hydrogen (secondary N) is 2. The van der Waals surface area contributed by atoms with Gasteiger partial charge in [0.05, 0.1) is 19.3 Å². The molecule has 3 saturated carbocycles. The minimum Gasteiger partial charge on any atom is -0.396 e. The first kappa shape index (κ1) is 31.6. The minimum absolute atomic E-state index is 0.0202. The molecule has 5 N–H and O–H groups in total. The quantitative estimate of drug-likeness (QED) is 0.253. The van der Waals surface area contributed by atoms with Crippen LogP contribution in [0.2, 0.25) is 0 Å². The average molecular weight is 594 g/mol. The summed E-state index contributed by atoms with van der Waals surface area (Å²) in [4.78, 5) is 32.6. The molecule has 2 aromatic carbocycles. The Kier molecular flexibility index (Phi) is 9.58. The van der Waals surface area contributed by atoms with E-state index in [-0.39, 0.29) is 37.6 Å². The zero-order valence-electron chi connectivity index (χ0n) is 25.7. The van der Waals surface area contributed by atoms with Gasteiger partial charge in [-0.25, -0.2) is 0 Å². The lowest BCUT2D eigenvalue weighted by molar-refractivity contribution is -0.183. The number of aliphatic hydroxyl groups excluding tert-OH is 3. The van der Waals surface area contributed by atoms with E-state index in [1.54, 1.807) is 18.1 Å². The topological polar surface area (TPSA) is 131 Å². The number of hydrogen-bond donors (Lipinski definition) is 5. The van der Waals surface area contributed by atoms with Crippen molar-refractivity contribution in [2.24, 2.45) is 29.1 Å². The molecular weight excluding hydrogens is 546 g/mol. The van der Waals surface area contributed by atoms with Crippen LogP contribution in [0.3, 0.4) is 0 Å². The number of fused-ring (bicyclic) bond motifs is 2. The van der Waals surface area contributed by atoms with Gasteiger partial charge in [-0.2, -0.15) is 5.06 Å². The molecule has 4 fully saturated rings. The maximum absolute atomic E-state index is 13.9.